The van der Waals surface area contributed by atoms with Crippen molar-refractivity contribution in [2.75, 3.05) is 13.1 Å². The zero-order valence-corrected chi connectivity index (χ0v) is 7.73. The number of amidine groups is 1. The lowest BCUT2D eigenvalue weighted by Gasteiger charge is -2.01. The minimum atomic E-state index is 0.0838. The number of nitrogens with one attached hydrogen (secondary N) is 1. The Hall–Kier alpha value is -1.71. The van der Waals surface area contributed by atoms with Crippen LogP contribution in [0.25, 0.3) is 0 Å². The lowest BCUT2D eigenvalue weighted by Crippen LogP contribution is -2.21. The number of nitrogens with zero attached hydrogens (tertiary/aromatic N) is 2. The Morgan fingerprint density at radius 1 is 1.43 bits per heavy atom. The van der Waals surface area contributed by atoms with Gasteiger partial charge in [-0.15, -0.1) is 0 Å². The molecule has 0 radical (unpaired) electrons. The van der Waals surface area contributed by atoms with Crippen LogP contribution >= 0.6 is 0 Å². The molecule has 4 heteroatoms. The minimum Gasteiger partial charge on any atom is -0.372 e. The van der Waals surface area contributed by atoms with E-state index in [0.29, 0.717) is 12.0 Å². The molecular weight excluding hydrogens is 178 g/mol. The summed E-state index contributed by atoms with van der Waals surface area (Å²) in [5.74, 6) is 0.882. The number of pyridine rings is 1. The summed E-state index contributed by atoms with van der Waals surface area (Å²) in [5, 5.41) is 3.07. The van der Waals surface area contributed by atoms with E-state index < -0.39 is 0 Å². The number of rotatable bonds is 3. The van der Waals surface area contributed by atoms with Gasteiger partial charge in [-0.05, 0) is 12.1 Å². The number of carbonyl (C=O) groups is 1. The van der Waals surface area contributed by atoms with Crippen LogP contribution in [0.1, 0.15) is 16.8 Å². The van der Waals surface area contributed by atoms with E-state index in [2.05, 4.69) is 15.3 Å². The zero-order valence-electron chi connectivity index (χ0n) is 7.73. The summed E-state index contributed by atoms with van der Waals surface area (Å²) in [6.45, 7) is 1.62. The van der Waals surface area contributed by atoms with Gasteiger partial charge in [0.15, 0.2) is 5.78 Å². The van der Waals surface area contributed by atoms with Crippen molar-refractivity contribution < 1.29 is 4.79 Å². The van der Waals surface area contributed by atoms with Gasteiger partial charge in [0.05, 0.1) is 13.0 Å². The molecule has 0 saturated carbocycles. The van der Waals surface area contributed by atoms with Crippen LogP contribution in [-0.2, 0) is 0 Å². The quantitative estimate of drug-likeness (QED) is 0.710. The van der Waals surface area contributed by atoms with Crippen LogP contribution in [0.2, 0.25) is 0 Å². The van der Waals surface area contributed by atoms with Crippen molar-refractivity contribution in [2.45, 2.75) is 6.42 Å². The van der Waals surface area contributed by atoms with Crippen molar-refractivity contribution >= 4 is 11.6 Å². The van der Waals surface area contributed by atoms with E-state index in [-0.39, 0.29) is 5.78 Å². The molecule has 1 aliphatic heterocycles. The molecule has 0 amide bonds. The highest BCUT2D eigenvalue weighted by Gasteiger charge is 2.11. The highest BCUT2D eigenvalue weighted by molar-refractivity contribution is 6.09. The van der Waals surface area contributed by atoms with E-state index in [4.69, 9.17) is 0 Å². The molecule has 0 atom stereocenters. The number of hydrogen-bond acceptors (Lipinski definition) is 4. The van der Waals surface area contributed by atoms with Gasteiger partial charge in [-0.2, -0.15) is 0 Å². The first kappa shape index (κ1) is 8.87. The molecule has 2 heterocycles. The van der Waals surface area contributed by atoms with Crippen molar-refractivity contribution in [2.24, 2.45) is 4.99 Å². The van der Waals surface area contributed by atoms with Crippen LogP contribution in [-0.4, -0.2) is 29.7 Å². The first-order valence-electron chi connectivity index (χ1n) is 4.57. The summed E-state index contributed by atoms with van der Waals surface area (Å²) in [7, 11) is 0. The molecule has 14 heavy (non-hydrogen) atoms. The predicted molar refractivity (Wildman–Crippen MR) is 53.5 cm³/mol. The van der Waals surface area contributed by atoms with Crippen LogP contribution in [0, 0.1) is 0 Å². The van der Waals surface area contributed by atoms with Crippen LogP contribution in [0.15, 0.2) is 29.5 Å². The second-order valence-corrected chi connectivity index (χ2v) is 3.09. The average molecular weight is 189 g/mol. The summed E-state index contributed by atoms with van der Waals surface area (Å²) >= 11 is 0. The normalized spacial score (nSPS) is 14.7. The highest BCUT2D eigenvalue weighted by Crippen LogP contribution is 2.03. The number of aromatic nitrogens is 1. The van der Waals surface area contributed by atoms with Gasteiger partial charge in [0.25, 0.3) is 0 Å². The van der Waals surface area contributed by atoms with Crippen LogP contribution in [0.4, 0.5) is 0 Å². The number of ketones is 1. The van der Waals surface area contributed by atoms with Crippen molar-refractivity contribution in [3.05, 3.63) is 30.1 Å². The zero-order chi connectivity index (χ0) is 9.80. The standard InChI is InChI=1S/C10H11N3O/c14-9(7-10-12-5-6-13-10)8-1-3-11-4-2-8/h1-4H,5-7H2,(H,12,13). The number of carbonyl (C=O) groups excluding carboxylic acids is 1. The van der Waals surface area contributed by atoms with E-state index in [9.17, 15) is 4.79 Å². The minimum absolute atomic E-state index is 0.0838. The van der Waals surface area contributed by atoms with Gasteiger partial charge in [0, 0.05) is 24.5 Å². The van der Waals surface area contributed by atoms with Crippen LogP contribution in [0.5, 0.6) is 0 Å². The summed E-state index contributed by atoms with van der Waals surface area (Å²) in [4.78, 5) is 19.7. The maximum atomic E-state index is 11.7. The van der Waals surface area contributed by atoms with Crippen molar-refractivity contribution in [3.8, 4) is 0 Å². The molecule has 1 aliphatic rings. The second kappa shape index (κ2) is 4.00. The molecule has 4 nitrogen and oxygen atoms in total. The summed E-state index contributed by atoms with van der Waals surface area (Å²) in [6, 6.07) is 3.44. The predicted octanol–water partition coefficient (Wildman–Crippen LogP) is 0.656. The first-order chi connectivity index (χ1) is 6.86. The topological polar surface area (TPSA) is 54.4 Å². The first-order valence-corrected chi connectivity index (χ1v) is 4.57. The molecule has 1 N–H and O–H groups in total. The van der Waals surface area contributed by atoms with Gasteiger partial charge in [-0.25, -0.2) is 0 Å². The van der Waals surface area contributed by atoms with E-state index in [1.165, 1.54) is 0 Å². The Labute approximate surface area is 82.1 Å². The largest absolute Gasteiger partial charge is 0.372 e. The Kier molecular flexibility index (Phi) is 2.53. The maximum absolute atomic E-state index is 11.7. The van der Waals surface area contributed by atoms with Gasteiger partial charge in [0.1, 0.15) is 5.84 Å². The molecule has 0 spiro atoms. The number of hydrogen-bond donors (Lipinski definition) is 1. The Morgan fingerprint density at radius 3 is 2.86 bits per heavy atom. The lowest BCUT2D eigenvalue weighted by atomic mass is 10.1. The van der Waals surface area contributed by atoms with Gasteiger partial charge in [0.2, 0.25) is 0 Å². The van der Waals surface area contributed by atoms with E-state index in [0.717, 1.165) is 18.9 Å². The summed E-state index contributed by atoms with van der Waals surface area (Å²) in [5.41, 5.74) is 0.691. The Balaban J connectivity index is 2.03. The third kappa shape index (κ3) is 1.96. The maximum Gasteiger partial charge on any atom is 0.170 e. The Bertz CT molecular complexity index is 359. The van der Waals surface area contributed by atoms with Crippen molar-refractivity contribution in [1.82, 2.24) is 10.3 Å². The van der Waals surface area contributed by atoms with Crippen LogP contribution in [0.3, 0.4) is 0 Å². The lowest BCUT2D eigenvalue weighted by molar-refractivity contribution is 0.1000. The van der Waals surface area contributed by atoms with E-state index in [1.54, 1.807) is 24.5 Å². The smallest absolute Gasteiger partial charge is 0.170 e. The Morgan fingerprint density at radius 2 is 2.21 bits per heavy atom. The molecule has 0 aromatic carbocycles. The highest BCUT2D eigenvalue weighted by atomic mass is 16.1. The molecule has 0 unspecified atom stereocenters. The fraction of sp³-hybridized carbons (Fsp3) is 0.300. The fourth-order valence-electron chi connectivity index (χ4n) is 1.36. The third-order valence-corrected chi connectivity index (χ3v) is 2.07. The molecule has 0 saturated heterocycles. The molecular formula is C10H11N3O. The fourth-order valence-corrected chi connectivity index (χ4v) is 1.36. The molecule has 0 aliphatic carbocycles. The second-order valence-electron chi connectivity index (χ2n) is 3.09. The van der Waals surface area contributed by atoms with Gasteiger partial charge in [-0.3, -0.25) is 14.8 Å². The summed E-state index contributed by atoms with van der Waals surface area (Å²) < 4.78 is 0. The van der Waals surface area contributed by atoms with E-state index >= 15 is 0 Å². The summed E-state index contributed by atoms with van der Waals surface area (Å²) in [6.07, 6.45) is 3.61. The SMILES string of the molecule is O=C(CC1=NCCN1)c1ccncc1. The van der Waals surface area contributed by atoms with Crippen molar-refractivity contribution in [1.29, 1.82) is 0 Å². The van der Waals surface area contributed by atoms with Crippen molar-refractivity contribution in [3.63, 3.8) is 0 Å². The van der Waals surface area contributed by atoms with Gasteiger partial charge < -0.3 is 5.32 Å². The molecule has 0 fully saturated rings. The number of Topliss-reactive ketones (excluding diaryl/α,β-unsaturated/α-hetero) is 1. The molecule has 2 rings (SSSR count). The average Bonchev–Trinajstić information content (AvgIpc) is 2.72. The molecule has 0 bridgehead atoms. The van der Waals surface area contributed by atoms with Gasteiger partial charge >= 0.3 is 0 Å². The van der Waals surface area contributed by atoms with Gasteiger partial charge in [-0.1, -0.05) is 0 Å². The monoisotopic (exact) mass is 189 g/mol. The number of aliphatic imine (C=N–C) groups is 1. The third-order valence-electron chi connectivity index (χ3n) is 2.07. The molecule has 72 valence electrons. The molecule has 1 aromatic heterocycles. The van der Waals surface area contributed by atoms with Crippen LogP contribution < -0.4 is 5.32 Å². The van der Waals surface area contributed by atoms with E-state index in [1.807, 2.05) is 0 Å². The molecule has 1 aromatic rings.